The first-order valence-electron chi connectivity index (χ1n) is 5.05. The van der Waals surface area contributed by atoms with Gasteiger partial charge in [0.15, 0.2) is 0 Å². The van der Waals surface area contributed by atoms with Crippen molar-refractivity contribution in [3.05, 3.63) is 43.5 Å². The molecule has 90 valence electrons. The van der Waals surface area contributed by atoms with Gasteiger partial charge >= 0.3 is 0 Å². The highest BCUT2D eigenvalue weighted by atomic mass is 79.9. The molecule has 5 heteroatoms. The monoisotopic (exact) mass is 374 g/mol. The molecule has 0 amide bonds. The Morgan fingerprint density at radius 2 is 2.00 bits per heavy atom. The van der Waals surface area contributed by atoms with Gasteiger partial charge in [-0.3, -0.25) is 0 Å². The van der Waals surface area contributed by atoms with Crippen molar-refractivity contribution in [2.45, 2.75) is 6.54 Å². The summed E-state index contributed by atoms with van der Waals surface area (Å²) in [5, 5.41) is 2.09. The Hall–Kier alpha value is -0.520. The topological polar surface area (TPSA) is 29.3 Å². The van der Waals surface area contributed by atoms with Crippen LogP contribution in [0.4, 0.5) is 11.4 Å². The van der Waals surface area contributed by atoms with Crippen LogP contribution in [0.1, 0.15) is 4.88 Å². The van der Waals surface area contributed by atoms with Gasteiger partial charge in [-0.1, -0.05) is 15.9 Å². The summed E-state index contributed by atoms with van der Waals surface area (Å²) in [6, 6.07) is 8.04. The second-order valence-electron chi connectivity index (χ2n) is 3.79. The van der Waals surface area contributed by atoms with Gasteiger partial charge in [-0.2, -0.15) is 0 Å². The van der Waals surface area contributed by atoms with Crippen molar-refractivity contribution in [3.8, 4) is 0 Å². The third-order valence-corrected chi connectivity index (χ3v) is 4.59. The lowest BCUT2D eigenvalue weighted by atomic mass is 10.2. The zero-order chi connectivity index (χ0) is 12.4. The SMILES string of the molecule is CN(Cc1cc(Br)cs1)c1cc(Br)ccc1N. The van der Waals surface area contributed by atoms with E-state index in [4.69, 9.17) is 5.73 Å². The number of rotatable bonds is 3. The molecule has 0 unspecified atom stereocenters. The lowest BCUT2D eigenvalue weighted by molar-refractivity contribution is 0.941. The number of hydrogen-bond acceptors (Lipinski definition) is 3. The fourth-order valence-electron chi connectivity index (χ4n) is 1.60. The quantitative estimate of drug-likeness (QED) is 0.800. The largest absolute Gasteiger partial charge is 0.397 e. The van der Waals surface area contributed by atoms with Gasteiger partial charge in [0.1, 0.15) is 0 Å². The van der Waals surface area contributed by atoms with E-state index in [0.717, 1.165) is 26.9 Å². The molecule has 1 heterocycles. The number of thiophene rings is 1. The molecule has 0 radical (unpaired) electrons. The van der Waals surface area contributed by atoms with E-state index < -0.39 is 0 Å². The highest BCUT2D eigenvalue weighted by Gasteiger charge is 2.08. The van der Waals surface area contributed by atoms with Crippen molar-refractivity contribution in [1.82, 2.24) is 0 Å². The zero-order valence-electron chi connectivity index (χ0n) is 9.28. The summed E-state index contributed by atoms with van der Waals surface area (Å²) < 4.78 is 2.18. The lowest BCUT2D eigenvalue weighted by Crippen LogP contribution is -2.17. The van der Waals surface area contributed by atoms with Gasteiger partial charge in [0, 0.05) is 26.3 Å². The van der Waals surface area contributed by atoms with E-state index in [1.54, 1.807) is 11.3 Å². The number of halogens is 2. The molecule has 2 N–H and O–H groups in total. The van der Waals surface area contributed by atoms with Crippen molar-refractivity contribution < 1.29 is 0 Å². The Morgan fingerprint density at radius 3 is 2.65 bits per heavy atom. The van der Waals surface area contributed by atoms with Crippen molar-refractivity contribution in [2.24, 2.45) is 0 Å². The Kier molecular flexibility index (Phi) is 4.12. The van der Waals surface area contributed by atoms with Crippen molar-refractivity contribution in [3.63, 3.8) is 0 Å². The first-order chi connectivity index (χ1) is 8.06. The summed E-state index contributed by atoms with van der Waals surface area (Å²) in [5.41, 5.74) is 7.82. The number of nitrogens with zero attached hydrogens (tertiary/aromatic N) is 1. The van der Waals surface area contributed by atoms with Crippen molar-refractivity contribution >= 4 is 54.6 Å². The van der Waals surface area contributed by atoms with Crippen LogP contribution in [0, 0.1) is 0 Å². The smallest absolute Gasteiger partial charge is 0.0611 e. The van der Waals surface area contributed by atoms with Crippen LogP contribution in [-0.2, 0) is 6.54 Å². The first kappa shape index (κ1) is 12.9. The zero-order valence-corrected chi connectivity index (χ0v) is 13.3. The van der Waals surface area contributed by atoms with Crippen LogP contribution in [0.5, 0.6) is 0 Å². The minimum absolute atomic E-state index is 0.798. The normalized spacial score (nSPS) is 10.5. The van der Waals surface area contributed by atoms with Crippen LogP contribution in [0.2, 0.25) is 0 Å². The molecule has 0 atom stereocenters. The highest BCUT2D eigenvalue weighted by Crippen LogP contribution is 2.29. The second-order valence-corrected chi connectivity index (χ2v) is 6.62. The Morgan fingerprint density at radius 1 is 1.24 bits per heavy atom. The average Bonchev–Trinajstić information content (AvgIpc) is 2.67. The summed E-state index contributed by atoms with van der Waals surface area (Å²) in [7, 11) is 2.05. The molecular formula is C12H12Br2N2S. The van der Waals surface area contributed by atoms with Gasteiger partial charge in [0.25, 0.3) is 0 Å². The summed E-state index contributed by atoms with van der Waals surface area (Å²) in [5.74, 6) is 0. The van der Waals surface area contributed by atoms with Crippen LogP contribution in [0.15, 0.2) is 38.6 Å². The van der Waals surface area contributed by atoms with Crippen LogP contribution in [0.25, 0.3) is 0 Å². The molecule has 0 aliphatic heterocycles. The van der Waals surface area contributed by atoms with Gasteiger partial charge < -0.3 is 10.6 Å². The van der Waals surface area contributed by atoms with E-state index in [9.17, 15) is 0 Å². The molecule has 1 aromatic heterocycles. The molecule has 17 heavy (non-hydrogen) atoms. The molecule has 1 aromatic carbocycles. The molecule has 2 aromatic rings. The average molecular weight is 376 g/mol. The van der Waals surface area contributed by atoms with E-state index in [1.165, 1.54) is 4.88 Å². The third-order valence-electron chi connectivity index (χ3n) is 2.42. The van der Waals surface area contributed by atoms with Gasteiger partial charge in [-0.25, -0.2) is 0 Å². The van der Waals surface area contributed by atoms with Gasteiger partial charge in [-0.05, 0) is 40.2 Å². The maximum absolute atomic E-state index is 5.98. The highest BCUT2D eigenvalue weighted by molar-refractivity contribution is 9.10. The van der Waals surface area contributed by atoms with Gasteiger partial charge in [0.05, 0.1) is 17.9 Å². The number of anilines is 2. The number of nitrogens with two attached hydrogens (primary N) is 1. The van der Waals surface area contributed by atoms with E-state index in [-0.39, 0.29) is 0 Å². The molecular weight excluding hydrogens is 364 g/mol. The predicted molar refractivity (Wildman–Crippen MR) is 82.7 cm³/mol. The van der Waals surface area contributed by atoms with Crippen LogP contribution in [-0.4, -0.2) is 7.05 Å². The maximum atomic E-state index is 5.98. The molecule has 0 aliphatic rings. The molecule has 0 bridgehead atoms. The number of benzene rings is 1. The standard InChI is InChI=1S/C12H12Br2N2S/c1-16(6-10-4-9(14)7-17-10)12-5-8(13)2-3-11(12)15/h2-5,7H,6,15H2,1H3. The van der Waals surface area contributed by atoms with Gasteiger partial charge in [-0.15, -0.1) is 11.3 Å². The molecule has 0 saturated carbocycles. The number of hydrogen-bond donors (Lipinski definition) is 1. The Balaban J connectivity index is 2.19. The fraction of sp³-hybridized carbons (Fsp3) is 0.167. The molecule has 0 fully saturated rings. The summed E-state index contributed by atoms with van der Waals surface area (Å²) in [4.78, 5) is 3.46. The minimum atomic E-state index is 0.798. The van der Waals surface area contributed by atoms with Crippen LogP contribution < -0.4 is 10.6 Å². The second kappa shape index (κ2) is 5.42. The Labute approximate surface area is 122 Å². The lowest BCUT2D eigenvalue weighted by Gasteiger charge is -2.20. The Bertz CT molecular complexity index is 525. The van der Waals surface area contributed by atoms with Crippen molar-refractivity contribution in [1.29, 1.82) is 0 Å². The van der Waals surface area contributed by atoms with E-state index in [2.05, 4.69) is 48.2 Å². The van der Waals surface area contributed by atoms with Crippen LogP contribution >= 0.6 is 43.2 Å². The first-order valence-corrected chi connectivity index (χ1v) is 7.52. The molecule has 0 saturated heterocycles. The minimum Gasteiger partial charge on any atom is -0.397 e. The predicted octanol–water partition coefficient (Wildman–Crippen LogP) is 4.49. The van der Waals surface area contributed by atoms with E-state index in [0.29, 0.717) is 0 Å². The fourth-order valence-corrected chi connectivity index (χ4v) is 3.46. The molecule has 2 rings (SSSR count). The summed E-state index contributed by atoms with van der Waals surface area (Å²) in [6.07, 6.45) is 0. The maximum Gasteiger partial charge on any atom is 0.0611 e. The summed E-state index contributed by atoms with van der Waals surface area (Å²) in [6.45, 7) is 0.858. The summed E-state index contributed by atoms with van der Waals surface area (Å²) >= 11 is 8.67. The third kappa shape index (κ3) is 3.24. The van der Waals surface area contributed by atoms with E-state index in [1.807, 2.05) is 25.2 Å². The number of nitrogen functional groups attached to an aromatic ring is 1. The van der Waals surface area contributed by atoms with Crippen molar-refractivity contribution in [2.75, 3.05) is 17.7 Å². The molecule has 0 aliphatic carbocycles. The van der Waals surface area contributed by atoms with E-state index >= 15 is 0 Å². The molecule has 2 nitrogen and oxygen atoms in total. The van der Waals surface area contributed by atoms with Crippen LogP contribution in [0.3, 0.4) is 0 Å². The molecule has 0 spiro atoms. The van der Waals surface area contributed by atoms with Gasteiger partial charge in [0.2, 0.25) is 0 Å².